The second kappa shape index (κ2) is 7.30. The average molecular weight is 321 g/mol. The van der Waals surface area contributed by atoms with E-state index in [4.69, 9.17) is 23.2 Å². The molecule has 21 heavy (non-hydrogen) atoms. The minimum Gasteiger partial charge on any atom is -0.478 e. The third kappa shape index (κ3) is 4.62. The van der Waals surface area contributed by atoms with Crippen LogP contribution in [0.1, 0.15) is 17.5 Å². The van der Waals surface area contributed by atoms with Crippen LogP contribution in [0.3, 0.4) is 0 Å². The van der Waals surface area contributed by atoms with E-state index in [1.54, 1.807) is 24.3 Å². The lowest BCUT2D eigenvalue weighted by molar-refractivity contribution is -0.132. The topological polar surface area (TPSA) is 37.3 Å². The van der Waals surface area contributed by atoms with Gasteiger partial charge in [0.05, 0.1) is 10.0 Å². The zero-order chi connectivity index (χ0) is 15.2. The van der Waals surface area contributed by atoms with E-state index in [0.29, 0.717) is 28.5 Å². The number of hydrogen-bond acceptors (Lipinski definition) is 1. The third-order valence-electron chi connectivity index (χ3n) is 3.09. The molecule has 0 aromatic heterocycles. The summed E-state index contributed by atoms with van der Waals surface area (Å²) in [5, 5.41) is 10.2. The summed E-state index contributed by atoms with van der Waals surface area (Å²) in [7, 11) is 0. The summed E-state index contributed by atoms with van der Waals surface area (Å²) in [5.41, 5.74) is 2.19. The van der Waals surface area contributed by atoms with Crippen molar-refractivity contribution in [2.24, 2.45) is 0 Å². The van der Waals surface area contributed by atoms with E-state index in [-0.39, 0.29) is 0 Å². The lowest BCUT2D eigenvalue weighted by Gasteiger charge is -2.04. The number of halogens is 2. The van der Waals surface area contributed by atoms with Gasteiger partial charge in [-0.15, -0.1) is 0 Å². The molecule has 0 fully saturated rings. The van der Waals surface area contributed by atoms with E-state index in [2.05, 4.69) is 0 Å². The molecule has 0 bridgehead atoms. The maximum Gasteiger partial charge on any atom is 0.331 e. The molecule has 4 heteroatoms. The van der Waals surface area contributed by atoms with Gasteiger partial charge in [-0.25, -0.2) is 4.79 Å². The fourth-order valence-corrected chi connectivity index (χ4v) is 2.27. The first-order chi connectivity index (χ1) is 10.1. The SMILES string of the molecule is O=C(O)/C(=C/c1ccc(Cl)c(Cl)c1)CCc1ccccc1. The highest BCUT2D eigenvalue weighted by Crippen LogP contribution is 2.24. The number of rotatable bonds is 5. The molecule has 0 aliphatic carbocycles. The van der Waals surface area contributed by atoms with Crippen LogP contribution >= 0.6 is 23.2 Å². The van der Waals surface area contributed by atoms with Gasteiger partial charge in [-0.2, -0.15) is 0 Å². The zero-order valence-electron chi connectivity index (χ0n) is 11.2. The summed E-state index contributed by atoms with van der Waals surface area (Å²) in [6, 6.07) is 14.9. The van der Waals surface area contributed by atoms with Gasteiger partial charge in [0.25, 0.3) is 0 Å². The third-order valence-corrected chi connectivity index (χ3v) is 3.82. The van der Waals surface area contributed by atoms with Crippen LogP contribution in [0.25, 0.3) is 6.08 Å². The summed E-state index contributed by atoms with van der Waals surface area (Å²) in [4.78, 5) is 11.3. The molecule has 0 saturated carbocycles. The Bertz CT molecular complexity index is 664. The summed E-state index contributed by atoms with van der Waals surface area (Å²) < 4.78 is 0. The monoisotopic (exact) mass is 320 g/mol. The standard InChI is InChI=1S/C17H14Cl2O2/c18-15-9-7-13(11-16(15)19)10-14(17(20)21)8-6-12-4-2-1-3-5-12/h1-5,7,9-11H,6,8H2,(H,20,21)/b14-10+. The van der Waals surface area contributed by atoms with Crippen molar-refractivity contribution in [3.8, 4) is 0 Å². The van der Waals surface area contributed by atoms with Crippen molar-refractivity contribution in [1.29, 1.82) is 0 Å². The molecule has 2 aromatic carbocycles. The van der Waals surface area contributed by atoms with Gasteiger partial charge < -0.3 is 5.11 Å². The van der Waals surface area contributed by atoms with Gasteiger partial charge in [-0.3, -0.25) is 0 Å². The normalized spacial score (nSPS) is 11.4. The van der Waals surface area contributed by atoms with E-state index in [1.165, 1.54) is 0 Å². The molecular weight excluding hydrogens is 307 g/mol. The Labute approximate surface area is 133 Å². The van der Waals surface area contributed by atoms with Crippen molar-refractivity contribution in [1.82, 2.24) is 0 Å². The number of carbonyl (C=O) groups is 1. The van der Waals surface area contributed by atoms with Gasteiger partial charge in [-0.05, 0) is 42.2 Å². The first-order valence-electron chi connectivity index (χ1n) is 6.49. The van der Waals surface area contributed by atoms with Gasteiger partial charge in [0, 0.05) is 5.57 Å². The molecule has 0 amide bonds. The van der Waals surface area contributed by atoms with E-state index in [9.17, 15) is 9.90 Å². The van der Waals surface area contributed by atoms with Crippen molar-refractivity contribution in [2.75, 3.05) is 0 Å². The molecule has 0 aliphatic rings. The van der Waals surface area contributed by atoms with Crippen LogP contribution in [-0.4, -0.2) is 11.1 Å². The molecule has 0 radical (unpaired) electrons. The number of benzene rings is 2. The van der Waals surface area contributed by atoms with Crippen LogP contribution in [0, 0.1) is 0 Å². The van der Waals surface area contributed by atoms with E-state index >= 15 is 0 Å². The van der Waals surface area contributed by atoms with Gasteiger partial charge in [0.15, 0.2) is 0 Å². The lowest BCUT2D eigenvalue weighted by atomic mass is 10.0. The second-order valence-electron chi connectivity index (χ2n) is 4.63. The van der Waals surface area contributed by atoms with Crippen molar-refractivity contribution >= 4 is 35.2 Å². The maximum atomic E-state index is 11.3. The average Bonchev–Trinajstić information content (AvgIpc) is 2.48. The number of aryl methyl sites for hydroxylation is 1. The van der Waals surface area contributed by atoms with Gasteiger partial charge in [-0.1, -0.05) is 59.6 Å². The largest absolute Gasteiger partial charge is 0.478 e. The Morgan fingerprint density at radius 2 is 1.76 bits per heavy atom. The van der Waals surface area contributed by atoms with Crippen molar-refractivity contribution in [3.05, 3.63) is 75.3 Å². The fourth-order valence-electron chi connectivity index (χ4n) is 1.97. The highest BCUT2D eigenvalue weighted by molar-refractivity contribution is 6.42. The van der Waals surface area contributed by atoms with Crippen LogP contribution in [0.2, 0.25) is 10.0 Å². The predicted molar refractivity (Wildman–Crippen MR) is 86.8 cm³/mol. The van der Waals surface area contributed by atoms with E-state index in [1.807, 2.05) is 30.3 Å². The fraction of sp³-hybridized carbons (Fsp3) is 0.118. The molecular formula is C17H14Cl2O2. The molecule has 2 aromatic rings. The molecule has 1 N–H and O–H groups in total. The summed E-state index contributed by atoms with van der Waals surface area (Å²) in [6.45, 7) is 0. The Kier molecular flexibility index (Phi) is 5.43. The molecule has 2 nitrogen and oxygen atoms in total. The number of aliphatic carboxylic acids is 1. The molecule has 0 heterocycles. The molecule has 0 unspecified atom stereocenters. The number of carboxylic acids is 1. The van der Waals surface area contributed by atoms with Crippen molar-refractivity contribution < 1.29 is 9.90 Å². The zero-order valence-corrected chi connectivity index (χ0v) is 12.7. The lowest BCUT2D eigenvalue weighted by Crippen LogP contribution is -2.02. The minimum atomic E-state index is -0.919. The molecule has 108 valence electrons. The van der Waals surface area contributed by atoms with Gasteiger partial charge in [0.2, 0.25) is 0 Å². The van der Waals surface area contributed by atoms with Crippen LogP contribution in [0.15, 0.2) is 54.1 Å². The first-order valence-corrected chi connectivity index (χ1v) is 7.24. The summed E-state index contributed by atoms with van der Waals surface area (Å²) >= 11 is 11.8. The Morgan fingerprint density at radius 3 is 2.38 bits per heavy atom. The molecule has 0 spiro atoms. The smallest absolute Gasteiger partial charge is 0.331 e. The minimum absolute atomic E-state index is 0.345. The maximum absolute atomic E-state index is 11.3. The van der Waals surface area contributed by atoms with Crippen molar-refractivity contribution in [3.63, 3.8) is 0 Å². The van der Waals surface area contributed by atoms with E-state index in [0.717, 1.165) is 11.1 Å². The molecule has 0 saturated heterocycles. The Hall–Kier alpha value is -1.77. The second-order valence-corrected chi connectivity index (χ2v) is 5.45. The first kappa shape index (κ1) is 15.6. The van der Waals surface area contributed by atoms with Gasteiger partial charge >= 0.3 is 5.97 Å². The summed E-state index contributed by atoms with van der Waals surface area (Å²) in [5.74, 6) is -0.919. The van der Waals surface area contributed by atoms with E-state index < -0.39 is 5.97 Å². The van der Waals surface area contributed by atoms with Crippen LogP contribution in [-0.2, 0) is 11.2 Å². The van der Waals surface area contributed by atoms with Crippen LogP contribution in [0.5, 0.6) is 0 Å². The quantitative estimate of drug-likeness (QED) is 0.779. The molecule has 0 aliphatic heterocycles. The highest BCUT2D eigenvalue weighted by Gasteiger charge is 2.08. The predicted octanol–water partition coefficient (Wildman–Crippen LogP) is 5.09. The van der Waals surface area contributed by atoms with Crippen molar-refractivity contribution in [2.45, 2.75) is 12.8 Å². The Morgan fingerprint density at radius 1 is 1.05 bits per heavy atom. The Balaban J connectivity index is 2.16. The molecule has 0 atom stereocenters. The molecule has 2 rings (SSSR count). The highest BCUT2D eigenvalue weighted by atomic mass is 35.5. The number of carboxylic acid groups (broad SMARTS) is 1. The van der Waals surface area contributed by atoms with Gasteiger partial charge in [0.1, 0.15) is 0 Å². The number of hydrogen-bond donors (Lipinski definition) is 1. The van der Waals surface area contributed by atoms with Crippen LogP contribution < -0.4 is 0 Å². The van der Waals surface area contributed by atoms with Crippen LogP contribution in [0.4, 0.5) is 0 Å². The summed E-state index contributed by atoms with van der Waals surface area (Å²) in [6.07, 6.45) is 2.77.